The second-order valence-corrected chi connectivity index (χ2v) is 5.41. The molecule has 1 nitrogen and oxygen atoms in total. The fraction of sp³-hybridized carbons (Fsp3) is 0.0714. The monoisotopic (exact) mass is 385 g/mol. The molecule has 4 heteroatoms. The molecule has 0 heterocycles. The number of anilines is 1. The van der Waals surface area contributed by atoms with Crippen molar-refractivity contribution in [1.82, 2.24) is 0 Å². The van der Waals surface area contributed by atoms with Crippen LogP contribution in [0, 0.1) is 0 Å². The van der Waals surface area contributed by atoms with Gasteiger partial charge >= 0.3 is 0 Å². The van der Waals surface area contributed by atoms with Crippen LogP contribution in [-0.2, 0) is 0 Å². The molecule has 0 amide bonds. The van der Waals surface area contributed by atoms with E-state index in [4.69, 9.17) is 12.2 Å². The fourth-order valence-electron chi connectivity index (χ4n) is 1.22. The summed E-state index contributed by atoms with van der Waals surface area (Å²) in [6.45, 7) is 0. The summed E-state index contributed by atoms with van der Waals surface area (Å²) in [5.74, 6) is 0. The van der Waals surface area contributed by atoms with Crippen molar-refractivity contribution in [2.75, 3.05) is 12.4 Å². The van der Waals surface area contributed by atoms with E-state index in [9.17, 15) is 0 Å². The van der Waals surface area contributed by atoms with Crippen LogP contribution in [0.25, 0.3) is 0 Å². The first kappa shape index (κ1) is 15.3. The molecule has 0 aliphatic carbocycles. The Morgan fingerprint density at radius 1 is 1.06 bits per heavy atom. The standard InChI is InChI=1S/C7H7Br2N.C7H6S/c1-10-7-3-2-5(8)4-6(7)9;8-6-7-4-2-1-3-5-7/h2-4,10H,1H3;1-6H. The predicted molar refractivity (Wildman–Crippen MR) is 90.6 cm³/mol. The Bertz CT molecular complexity index is 500. The van der Waals surface area contributed by atoms with E-state index in [2.05, 4.69) is 37.2 Å². The normalized spacial score (nSPS) is 9.06. The lowest BCUT2D eigenvalue weighted by atomic mass is 10.2. The molecule has 1 N–H and O–H groups in total. The van der Waals surface area contributed by atoms with E-state index in [0.29, 0.717) is 0 Å². The van der Waals surface area contributed by atoms with Crippen LogP contribution in [0.15, 0.2) is 57.5 Å². The van der Waals surface area contributed by atoms with Gasteiger partial charge in [0.2, 0.25) is 0 Å². The average Bonchev–Trinajstić information content (AvgIpc) is 2.40. The zero-order valence-corrected chi connectivity index (χ0v) is 13.8. The van der Waals surface area contributed by atoms with Crippen LogP contribution >= 0.6 is 44.1 Å². The van der Waals surface area contributed by atoms with Crippen LogP contribution in [0.3, 0.4) is 0 Å². The van der Waals surface area contributed by atoms with Gasteiger partial charge in [0.05, 0.1) is 0 Å². The van der Waals surface area contributed by atoms with E-state index in [1.807, 2.05) is 55.6 Å². The van der Waals surface area contributed by atoms with Gasteiger partial charge in [-0.05, 0) is 39.7 Å². The molecular formula is C14H13Br2NS. The van der Waals surface area contributed by atoms with Crippen molar-refractivity contribution in [3.05, 3.63) is 63.0 Å². The molecule has 2 aromatic carbocycles. The smallest absolute Gasteiger partial charge is 0.0482 e. The molecule has 2 rings (SSSR count). The molecule has 0 aromatic heterocycles. The van der Waals surface area contributed by atoms with E-state index in [1.54, 1.807) is 5.37 Å². The first-order valence-corrected chi connectivity index (χ1v) is 7.36. The summed E-state index contributed by atoms with van der Waals surface area (Å²) in [5, 5.41) is 4.72. The van der Waals surface area contributed by atoms with Gasteiger partial charge in [-0.3, -0.25) is 0 Å². The van der Waals surface area contributed by atoms with Crippen LogP contribution in [-0.4, -0.2) is 12.4 Å². The maximum absolute atomic E-state index is 4.69. The van der Waals surface area contributed by atoms with Crippen molar-refractivity contribution in [2.45, 2.75) is 0 Å². The van der Waals surface area contributed by atoms with Crippen LogP contribution in [0.2, 0.25) is 0 Å². The molecule has 18 heavy (non-hydrogen) atoms. The van der Waals surface area contributed by atoms with Gasteiger partial charge in [0, 0.05) is 27.0 Å². The highest BCUT2D eigenvalue weighted by Gasteiger charge is 1.95. The molecule has 0 saturated heterocycles. The molecular weight excluding hydrogens is 374 g/mol. The van der Waals surface area contributed by atoms with E-state index >= 15 is 0 Å². The first-order chi connectivity index (χ1) is 8.67. The van der Waals surface area contributed by atoms with Crippen molar-refractivity contribution in [2.24, 2.45) is 0 Å². The van der Waals surface area contributed by atoms with Crippen LogP contribution in [0.4, 0.5) is 5.69 Å². The second kappa shape index (κ2) is 8.40. The SMILES string of the molecule is CNc1ccc(Br)cc1Br.S=Cc1ccccc1. The quantitative estimate of drug-likeness (QED) is 0.704. The van der Waals surface area contributed by atoms with Crippen LogP contribution in [0.1, 0.15) is 5.56 Å². The predicted octanol–water partition coefficient (Wildman–Crippen LogP) is 5.29. The van der Waals surface area contributed by atoms with Gasteiger partial charge in [-0.1, -0.05) is 58.5 Å². The summed E-state index contributed by atoms with van der Waals surface area (Å²) in [5.41, 5.74) is 2.20. The maximum atomic E-state index is 4.69. The molecule has 94 valence electrons. The summed E-state index contributed by atoms with van der Waals surface area (Å²) in [6.07, 6.45) is 0. The number of benzene rings is 2. The maximum Gasteiger partial charge on any atom is 0.0482 e. The lowest BCUT2D eigenvalue weighted by Gasteiger charge is -2.01. The van der Waals surface area contributed by atoms with Gasteiger partial charge in [-0.15, -0.1) is 0 Å². The van der Waals surface area contributed by atoms with E-state index in [-0.39, 0.29) is 0 Å². The summed E-state index contributed by atoms with van der Waals surface area (Å²) >= 11 is 11.5. The third-order valence-electron chi connectivity index (χ3n) is 2.14. The summed E-state index contributed by atoms with van der Waals surface area (Å²) in [6, 6.07) is 15.9. The topological polar surface area (TPSA) is 12.0 Å². The zero-order chi connectivity index (χ0) is 13.4. The minimum Gasteiger partial charge on any atom is -0.387 e. The first-order valence-electron chi connectivity index (χ1n) is 5.30. The molecule has 0 spiro atoms. The Balaban J connectivity index is 0.000000184. The highest BCUT2D eigenvalue weighted by Crippen LogP contribution is 2.25. The van der Waals surface area contributed by atoms with Crippen molar-refractivity contribution >= 4 is 55.1 Å². The number of halogens is 2. The zero-order valence-electron chi connectivity index (χ0n) is 9.86. The number of thiocarbonyl (C=S) groups is 1. The average molecular weight is 387 g/mol. The molecule has 0 aliphatic heterocycles. The number of nitrogens with one attached hydrogen (secondary N) is 1. The van der Waals surface area contributed by atoms with Gasteiger partial charge in [0.15, 0.2) is 0 Å². The molecule has 0 radical (unpaired) electrons. The molecule has 0 bridgehead atoms. The van der Waals surface area contributed by atoms with Crippen molar-refractivity contribution in [1.29, 1.82) is 0 Å². The van der Waals surface area contributed by atoms with Crippen LogP contribution in [0.5, 0.6) is 0 Å². The fourth-order valence-corrected chi connectivity index (χ4v) is 2.63. The van der Waals surface area contributed by atoms with Gasteiger partial charge in [-0.2, -0.15) is 0 Å². The second-order valence-electron chi connectivity index (χ2n) is 3.40. The number of rotatable bonds is 2. The molecule has 2 aromatic rings. The van der Waals surface area contributed by atoms with Crippen LogP contribution < -0.4 is 5.32 Å². The van der Waals surface area contributed by atoms with E-state index in [1.165, 1.54) is 0 Å². The summed E-state index contributed by atoms with van der Waals surface area (Å²) in [7, 11) is 1.90. The molecule has 0 atom stereocenters. The highest BCUT2D eigenvalue weighted by molar-refractivity contribution is 9.11. The summed E-state index contributed by atoms with van der Waals surface area (Å²) < 4.78 is 2.16. The van der Waals surface area contributed by atoms with Gasteiger partial charge < -0.3 is 5.32 Å². The van der Waals surface area contributed by atoms with Gasteiger partial charge in [0.1, 0.15) is 0 Å². The molecule has 0 saturated carbocycles. The Kier molecular flexibility index (Phi) is 7.16. The van der Waals surface area contributed by atoms with E-state index < -0.39 is 0 Å². The number of hydrogen-bond donors (Lipinski definition) is 1. The molecule has 0 unspecified atom stereocenters. The Labute approximate surface area is 130 Å². The van der Waals surface area contributed by atoms with Gasteiger partial charge in [0.25, 0.3) is 0 Å². The Hall–Kier alpha value is -0.710. The minimum atomic E-state index is 1.07. The Morgan fingerprint density at radius 3 is 2.17 bits per heavy atom. The highest BCUT2D eigenvalue weighted by atomic mass is 79.9. The lowest BCUT2D eigenvalue weighted by molar-refractivity contribution is 1.47. The van der Waals surface area contributed by atoms with E-state index in [0.717, 1.165) is 20.2 Å². The third kappa shape index (κ3) is 5.29. The van der Waals surface area contributed by atoms with Crippen molar-refractivity contribution in [3.63, 3.8) is 0 Å². The lowest BCUT2D eigenvalue weighted by Crippen LogP contribution is -1.87. The molecule has 0 fully saturated rings. The minimum absolute atomic E-state index is 1.07. The number of hydrogen-bond acceptors (Lipinski definition) is 2. The summed E-state index contributed by atoms with van der Waals surface area (Å²) in [4.78, 5) is 0. The van der Waals surface area contributed by atoms with Gasteiger partial charge in [-0.25, -0.2) is 0 Å². The third-order valence-corrected chi connectivity index (χ3v) is 3.56. The molecule has 0 aliphatic rings. The largest absolute Gasteiger partial charge is 0.387 e. The van der Waals surface area contributed by atoms with Crippen molar-refractivity contribution < 1.29 is 0 Å². The van der Waals surface area contributed by atoms with Crippen molar-refractivity contribution in [3.8, 4) is 0 Å². The Morgan fingerprint density at radius 2 is 1.72 bits per heavy atom.